The van der Waals surface area contributed by atoms with Gasteiger partial charge in [-0.25, -0.2) is 9.97 Å². The van der Waals surface area contributed by atoms with Gasteiger partial charge >= 0.3 is 0 Å². The largest absolute Gasteiger partial charge is 0.381 e. The number of ether oxygens (including phenoxy) is 2. The molecule has 24 heavy (non-hydrogen) atoms. The Morgan fingerprint density at radius 3 is 1.79 bits per heavy atom. The van der Waals surface area contributed by atoms with Crippen LogP contribution in [-0.4, -0.2) is 62.6 Å². The summed E-state index contributed by atoms with van der Waals surface area (Å²) in [7, 11) is 0. The Hall–Kier alpha value is -1.40. The van der Waals surface area contributed by atoms with Gasteiger partial charge in [0.1, 0.15) is 18.0 Å². The number of nitrogens with zero attached hydrogens (tertiary/aromatic N) is 4. The average molecular weight is 330 g/mol. The minimum Gasteiger partial charge on any atom is -0.381 e. The molecule has 6 nitrogen and oxygen atoms in total. The van der Waals surface area contributed by atoms with Crippen LogP contribution in [0.3, 0.4) is 0 Å². The molecule has 6 heteroatoms. The van der Waals surface area contributed by atoms with Crippen molar-refractivity contribution in [1.29, 1.82) is 0 Å². The molecule has 5 rings (SSSR count). The van der Waals surface area contributed by atoms with E-state index in [9.17, 15) is 0 Å². The first-order valence-electron chi connectivity index (χ1n) is 9.24. The molecule has 0 aromatic carbocycles. The zero-order chi connectivity index (χ0) is 16.0. The van der Waals surface area contributed by atoms with Crippen molar-refractivity contribution in [2.75, 3.05) is 62.4 Å². The summed E-state index contributed by atoms with van der Waals surface area (Å²) in [6, 6.07) is 2.18. The molecule has 0 N–H and O–H groups in total. The average Bonchev–Trinajstić information content (AvgIpc) is 3.40. The molecule has 0 bridgehead atoms. The molecule has 0 saturated carbocycles. The third kappa shape index (κ3) is 2.47. The smallest absolute Gasteiger partial charge is 0.134 e. The van der Waals surface area contributed by atoms with E-state index in [2.05, 4.69) is 25.8 Å². The maximum atomic E-state index is 5.65. The van der Waals surface area contributed by atoms with Crippen LogP contribution in [0, 0.1) is 10.8 Å². The van der Waals surface area contributed by atoms with E-state index in [-0.39, 0.29) is 0 Å². The first kappa shape index (κ1) is 14.9. The van der Waals surface area contributed by atoms with Crippen molar-refractivity contribution in [2.24, 2.45) is 10.8 Å². The van der Waals surface area contributed by atoms with Gasteiger partial charge in [0.25, 0.3) is 0 Å². The minimum absolute atomic E-state index is 0.365. The molecule has 0 aliphatic carbocycles. The zero-order valence-electron chi connectivity index (χ0n) is 14.2. The number of aromatic nitrogens is 2. The van der Waals surface area contributed by atoms with Gasteiger partial charge in [0.05, 0.1) is 13.2 Å². The number of rotatable bonds is 2. The Balaban J connectivity index is 1.32. The van der Waals surface area contributed by atoms with E-state index in [1.807, 2.05) is 0 Å². The first-order valence-corrected chi connectivity index (χ1v) is 9.24. The second-order valence-corrected chi connectivity index (χ2v) is 8.18. The van der Waals surface area contributed by atoms with Crippen molar-refractivity contribution in [2.45, 2.75) is 25.7 Å². The summed E-state index contributed by atoms with van der Waals surface area (Å²) in [4.78, 5) is 14.0. The van der Waals surface area contributed by atoms with E-state index in [4.69, 9.17) is 9.47 Å². The lowest BCUT2D eigenvalue weighted by atomic mass is 9.87. The first-order chi connectivity index (χ1) is 11.8. The molecule has 4 saturated heterocycles. The van der Waals surface area contributed by atoms with Gasteiger partial charge in [-0.1, -0.05) is 0 Å². The fourth-order valence-electron chi connectivity index (χ4n) is 4.89. The standard InChI is InChI=1S/C18H26N4O2/c1-5-21(10-17(1)3-7-23-12-17)15-9-16(20-14-19-15)22-6-2-18(11-22)4-8-24-13-18/h9,14H,1-8,10-13H2/t17-,18-/m1/s1. The summed E-state index contributed by atoms with van der Waals surface area (Å²) in [6.45, 7) is 7.96. The Morgan fingerprint density at radius 2 is 1.33 bits per heavy atom. The van der Waals surface area contributed by atoms with Crippen molar-refractivity contribution < 1.29 is 9.47 Å². The zero-order valence-corrected chi connectivity index (χ0v) is 14.2. The Morgan fingerprint density at radius 1 is 0.792 bits per heavy atom. The van der Waals surface area contributed by atoms with E-state index in [0.29, 0.717) is 10.8 Å². The van der Waals surface area contributed by atoms with E-state index in [0.717, 1.165) is 64.2 Å². The molecule has 1 aromatic rings. The molecule has 5 heterocycles. The minimum atomic E-state index is 0.365. The summed E-state index contributed by atoms with van der Waals surface area (Å²) < 4.78 is 11.3. The molecule has 4 aliphatic heterocycles. The van der Waals surface area contributed by atoms with Crippen LogP contribution >= 0.6 is 0 Å². The summed E-state index contributed by atoms with van der Waals surface area (Å²) in [5.41, 5.74) is 0.730. The monoisotopic (exact) mass is 330 g/mol. The van der Waals surface area contributed by atoms with Gasteiger partial charge in [-0.05, 0) is 25.7 Å². The molecule has 1 aromatic heterocycles. The Kier molecular flexibility index (Phi) is 3.45. The highest BCUT2D eigenvalue weighted by Crippen LogP contribution is 2.41. The molecular formula is C18H26N4O2. The van der Waals surface area contributed by atoms with E-state index in [1.165, 1.54) is 25.7 Å². The normalized spacial score (nSPS) is 35.8. The van der Waals surface area contributed by atoms with Crippen LogP contribution in [0.2, 0.25) is 0 Å². The molecule has 0 unspecified atom stereocenters. The number of anilines is 2. The lowest BCUT2D eigenvalue weighted by Crippen LogP contribution is -2.29. The summed E-state index contributed by atoms with van der Waals surface area (Å²) in [5, 5.41) is 0. The summed E-state index contributed by atoms with van der Waals surface area (Å²) in [6.07, 6.45) is 6.55. The molecule has 130 valence electrons. The predicted octanol–water partition coefficient (Wildman–Crippen LogP) is 1.71. The molecule has 4 fully saturated rings. The van der Waals surface area contributed by atoms with Crippen LogP contribution in [0.5, 0.6) is 0 Å². The predicted molar refractivity (Wildman–Crippen MR) is 91.4 cm³/mol. The van der Waals surface area contributed by atoms with Gasteiger partial charge in [0.15, 0.2) is 0 Å². The van der Waals surface area contributed by atoms with E-state index in [1.54, 1.807) is 6.33 Å². The highest BCUT2D eigenvalue weighted by molar-refractivity contribution is 5.52. The second-order valence-electron chi connectivity index (χ2n) is 8.18. The van der Waals surface area contributed by atoms with Crippen molar-refractivity contribution in [1.82, 2.24) is 9.97 Å². The molecule has 0 amide bonds. The molecule has 2 atom stereocenters. The topological polar surface area (TPSA) is 50.7 Å². The lowest BCUT2D eigenvalue weighted by Gasteiger charge is -2.25. The van der Waals surface area contributed by atoms with Crippen LogP contribution in [-0.2, 0) is 9.47 Å². The Bertz CT molecular complexity index is 562. The second kappa shape index (κ2) is 5.56. The third-order valence-electron chi connectivity index (χ3n) is 6.53. The maximum absolute atomic E-state index is 5.65. The molecular weight excluding hydrogens is 304 g/mol. The van der Waals surface area contributed by atoms with Crippen LogP contribution in [0.15, 0.2) is 12.4 Å². The van der Waals surface area contributed by atoms with Gasteiger partial charge in [-0.2, -0.15) is 0 Å². The summed E-state index contributed by atoms with van der Waals surface area (Å²) in [5.74, 6) is 2.15. The quantitative estimate of drug-likeness (QED) is 0.823. The SMILES string of the molecule is c1nc(N2CC[C@@]3(CCOC3)C2)cc(N2CC[C@@]3(CCOC3)C2)n1. The lowest BCUT2D eigenvalue weighted by molar-refractivity contribution is 0.160. The highest BCUT2D eigenvalue weighted by Gasteiger charge is 2.43. The van der Waals surface area contributed by atoms with Gasteiger partial charge in [-0.15, -0.1) is 0 Å². The number of hydrogen-bond donors (Lipinski definition) is 0. The van der Waals surface area contributed by atoms with Crippen LogP contribution in [0.25, 0.3) is 0 Å². The van der Waals surface area contributed by atoms with Crippen molar-refractivity contribution in [3.05, 3.63) is 12.4 Å². The van der Waals surface area contributed by atoms with E-state index < -0.39 is 0 Å². The fourth-order valence-corrected chi connectivity index (χ4v) is 4.89. The van der Waals surface area contributed by atoms with Crippen molar-refractivity contribution in [3.63, 3.8) is 0 Å². The van der Waals surface area contributed by atoms with Crippen LogP contribution in [0.1, 0.15) is 25.7 Å². The maximum Gasteiger partial charge on any atom is 0.134 e. The van der Waals surface area contributed by atoms with Crippen molar-refractivity contribution in [3.8, 4) is 0 Å². The van der Waals surface area contributed by atoms with Gasteiger partial charge in [-0.3, -0.25) is 0 Å². The van der Waals surface area contributed by atoms with Crippen LogP contribution < -0.4 is 9.80 Å². The van der Waals surface area contributed by atoms with E-state index >= 15 is 0 Å². The van der Waals surface area contributed by atoms with Gasteiger partial charge in [0.2, 0.25) is 0 Å². The third-order valence-corrected chi connectivity index (χ3v) is 6.53. The Labute approximate surface area is 143 Å². The molecule has 4 aliphatic rings. The number of hydrogen-bond acceptors (Lipinski definition) is 6. The van der Waals surface area contributed by atoms with Crippen LogP contribution in [0.4, 0.5) is 11.6 Å². The van der Waals surface area contributed by atoms with Gasteiger partial charge < -0.3 is 19.3 Å². The summed E-state index contributed by atoms with van der Waals surface area (Å²) >= 11 is 0. The molecule has 2 spiro atoms. The fraction of sp³-hybridized carbons (Fsp3) is 0.778. The molecule has 0 radical (unpaired) electrons. The van der Waals surface area contributed by atoms with Gasteiger partial charge in [0, 0.05) is 56.3 Å². The highest BCUT2D eigenvalue weighted by atomic mass is 16.5. The van der Waals surface area contributed by atoms with Crippen molar-refractivity contribution >= 4 is 11.6 Å².